The van der Waals surface area contributed by atoms with Gasteiger partial charge >= 0.3 is 5.97 Å². The van der Waals surface area contributed by atoms with Gasteiger partial charge in [-0.2, -0.15) is 0 Å². The van der Waals surface area contributed by atoms with Gasteiger partial charge in [-0.3, -0.25) is 4.79 Å². The van der Waals surface area contributed by atoms with Gasteiger partial charge < -0.3 is 10.1 Å². The lowest BCUT2D eigenvalue weighted by molar-refractivity contribution is -0.124. The van der Waals surface area contributed by atoms with Crippen molar-refractivity contribution in [1.82, 2.24) is 10.3 Å². The smallest absolute Gasteiger partial charge is 0.359 e. The summed E-state index contributed by atoms with van der Waals surface area (Å²) in [6.07, 6.45) is 1.47. The zero-order valence-corrected chi connectivity index (χ0v) is 14.6. The van der Waals surface area contributed by atoms with Gasteiger partial charge in [-0.05, 0) is 6.42 Å². The highest BCUT2D eigenvalue weighted by atomic mass is 35.5. The van der Waals surface area contributed by atoms with Crippen molar-refractivity contribution in [3.05, 3.63) is 27.0 Å². The van der Waals surface area contributed by atoms with Crippen LogP contribution in [0.4, 0.5) is 0 Å². The minimum absolute atomic E-state index is 0.0283. The van der Waals surface area contributed by atoms with Crippen LogP contribution in [-0.4, -0.2) is 49.4 Å². The number of pyridine rings is 1. The second-order valence-electron chi connectivity index (χ2n) is 4.83. The van der Waals surface area contributed by atoms with Crippen LogP contribution in [0.15, 0.2) is 6.20 Å². The number of nitrogens with one attached hydrogen (secondary N) is 1. The lowest BCUT2D eigenvalue weighted by atomic mass is 10.2. The molecule has 0 aromatic carbocycles. The summed E-state index contributed by atoms with van der Waals surface area (Å²) in [4.78, 5) is 27.2. The maximum absolute atomic E-state index is 11.8. The number of rotatable bonds is 4. The third kappa shape index (κ3) is 4.69. The molecular formula is C12H11Cl3N2O5S. The molecule has 1 amide bonds. The Morgan fingerprint density at radius 3 is 2.61 bits per heavy atom. The molecule has 1 saturated heterocycles. The summed E-state index contributed by atoms with van der Waals surface area (Å²) in [5.74, 6) is -1.65. The Kier molecular flexibility index (Phi) is 5.72. The van der Waals surface area contributed by atoms with Gasteiger partial charge in [0.15, 0.2) is 22.1 Å². The van der Waals surface area contributed by atoms with Gasteiger partial charge in [0.1, 0.15) is 0 Å². The van der Waals surface area contributed by atoms with Gasteiger partial charge in [0.05, 0.1) is 26.6 Å². The van der Waals surface area contributed by atoms with Gasteiger partial charge in [-0.15, -0.1) is 0 Å². The molecule has 1 aromatic rings. The highest BCUT2D eigenvalue weighted by Crippen LogP contribution is 2.31. The van der Waals surface area contributed by atoms with E-state index in [4.69, 9.17) is 39.5 Å². The summed E-state index contributed by atoms with van der Waals surface area (Å²) in [5, 5.41) is 2.34. The number of amides is 1. The Labute approximate surface area is 147 Å². The molecule has 1 atom stereocenters. The van der Waals surface area contributed by atoms with Crippen molar-refractivity contribution in [2.75, 3.05) is 18.1 Å². The minimum atomic E-state index is -3.11. The van der Waals surface area contributed by atoms with Gasteiger partial charge in [0.2, 0.25) is 0 Å². The molecule has 0 unspecified atom stereocenters. The maximum Gasteiger partial charge on any atom is 0.359 e. The molecule has 0 bridgehead atoms. The number of esters is 1. The van der Waals surface area contributed by atoms with Crippen LogP contribution in [0.5, 0.6) is 0 Å². The molecule has 23 heavy (non-hydrogen) atoms. The van der Waals surface area contributed by atoms with E-state index in [1.807, 2.05) is 0 Å². The second-order valence-corrected chi connectivity index (χ2v) is 8.22. The van der Waals surface area contributed by atoms with E-state index in [2.05, 4.69) is 10.3 Å². The Morgan fingerprint density at radius 2 is 2.00 bits per heavy atom. The van der Waals surface area contributed by atoms with E-state index in [1.165, 1.54) is 0 Å². The van der Waals surface area contributed by atoms with E-state index >= 15 is 0 Å². The van der Waals surface area contributed by atoms with Crippen LogP contribution >= 0.6 is 34.8 Å². The van der Waals surface area contributed by atoms with Crippen molar-refractivity contribution >= 4 is 56.5 Å². The van der Waals surface area contributed by atoms with Crippen molar-refractivity contribution in [3.8, 4) is 0 Å². The van der Waals surface area contributed by atoms with E-state index in [-0.39, 0.29) is 32.3 Å². The van der Waals surface area contributed by atoms with Crippen LogP contribution in [0.3, 0.4) is 0 Å². The second kappa shape index (κ2) is 7.21. The predicted octanol–water partition coefficient (Wildman–Crippen LogP) is 1.50. The van der Waals surface area contributed by atoms with Crippen LogP contribution in [0, 0.1) is 0 Å². The summed E-state index contributed by atoms with van der Waals surface area (Å²) >= 11 is 17.3. The Morgan fingerprint density at radius 1 is 1.30 bits per heavy atom. The number of halogens is 3. The summed E-state index contributed by atoms with van der Waals surface area (Å²) in [6.45, 7) is -0.590. The van der Waals surface area contributed by atoms with Gasteiger partial charge in [0, 0.05) is 12.2 Å². The quantitative estimate of drug-likeness (QED) is 0.767. The van der Waals surface area contributed by atoms with Crippen LogP contribution < -0.4 is 5.32 Å². The molecule has 2 rings (SSSR count). The third-order valence-corrected chi connectivity index (χ3v) is 6.05. The molecule has 1 N–H and O–H groups in total. The number of nitrogens with zero attached hydrogens (tertiary/aromatic N) is 1. The first kappa shape index (κ1) is 18.3. The predicted molar refractivity (Wildman–Crippen MR) is 84.8 cm³/mol. The fourth-order valence-corrected chi connectivity index (χ4v) is 4.19. The van der Waals surface area contributed by atoms with Gasteiger partial charge in [0.25, 0.3) is 5.91 Å². The lowest BCUT2D eigenvalue weighted by Gasteiger charge is -2.11. The van der Waals surface area contributed by atoms with Gasteiger partial charge in [-0.1, -0.05) is 34.8 Å². The zero-order valence-electron chi connectivity index (χ0n) is 11.5. The Balaban J connectivity index is 1.90. The van der Waals surface area contributed by atoms with Crippen LogP contribution in [0.1, 0.15) is 16.9 Å². The Bertz CT molecular complexity index is 753. The van der Waals surface area contributed by atoms with Crippen molar-refractivity contribution in [3.63, 3.8) is 0 Å². The van der Waals surface area contributed by atoms with Crippen LogP contribution in [-0.2, 0) is 19.4 Å². The van der Waals surface area contributed by atoms with Crippen LogP contribution in [0.25, 0.3) is 0 Å². The molecule has 1 aromatic heterocycles. The molecule has 0 spiro atoms. The summed E-state index contributed by atoms with van der Waals surface area (Å²) in [5.41, 5.74) is -0.266. The van der Waals surface area contributed by atoms with E-state index in [0.29, 0.717) is 6.42 Å². The Hall–Kier alpha value is -1.09. The molecule has 126 valence electrons. The summed E-state index contributed by atoms with van der Waals surface area (Å²) < 4.78 is 27.4. The van der Waals surface area contributed by atoms with Crippen molar-refractivity contribution in [2.45, 2.75) is 12.5 Å². The minimum Gasteiger partial charge on any atom is -0.451 e. The standard InChI is InChI=1S/C12H11Cl3N2O5S/c13-7-3-16-11(10(15)9(7)14)12(19)22-4-8(18)17-6-1-2-23(20,21)5-6/h3,6H,1-2,4-5H2,(H,17,18)/t6-/m0/s1. The number of hydrogen-bond donors (Lipinski definition) is 1. The maximum atomic E-state index is 11.8. The summed E-state index contributed by atoms with van der Waals surface area (Å²) in [6, 6.07) is -0.474. The average Bonchev–Trinajstić information content (AvgIpc) is 2.81. The normalized spacial score (nSPS) is 19.3. The van der Waals surface area contributed by atoms with E-state index in [9.17, 15) is 18.0 Å². The van der Waals surface area contributed by atoms with Crippen LogP contribution in [0.2, 0.25) is 15.1 Å². The van der Waals surface area contributed by atoms with Crippen molar-refractivity contribution < 1.29 is 22.7 Å². The molecule has 7 nitrogen and oxygen atoms in total. The highest BCUT2D eigenvalue weighted by molar-refractivity contribution is 7.91. The fraction of sp³-hybridized carbons (Fsp3) is 0.417. The number of sulfone groups is 1. The summed E-state index contributed by atoms with van der Waals surface area (Å²) in [7, 11) is -3.11. The largest absolute Gasteiger partial charge is 0.451 e. The number of ether oxygens (including phenoxy) is 1. The molecular weight excluding hydrogens is 391 g/mol. The third-order valence-electron chi connectivity index (χ3n) is 3.04. The fourth-order valence-electron chi connectivity index (χ4n) is 1.96. The number of carbonyl (C=O) groups excluding carboxylic acids is 2. The number of aromatic nitrogens is 1. The van der Waals surface area contributed by atoms with E-state index in [0.717, 1.165) is 6.20 Å². The van der Waals surface area contributed by atoms with Crippen molar-refractivity contribution in [2.24, 2.45) is 0 Å². The molecule has 0 radical (unpaired) electrons. The molecule has 0 aliphatic carbocycles. The zero-order chi connectivity index (χ0) is 17.2. The first-order valence-corrected chi connectivity index (χ1v) is 9.31. The highest BCUT2D eigenvalue weighted by Gasteiger charge is 2.29. The molecule has 11 heteroatoms. The molecule has 0 saturated carbocycles. The molecule has 2 heterocycles. The van der Waals surface area contributed by atoms with Gasteiger partial charge in [-0.25, -0.2) is 18.2 Å². The van der Waals surface area contributed by atoms with Crippen molar-refractivity contribution in [1.29, 1.82) is 0 Å². The number of carbonyl (C=O) groups is 2. The topological polar surface area (TPSA) is 102 Å². The molecule has 1 aliphatic rings. The van der Waals surface area contributed by atoms with E-state index < -0.39 is 34.4 Å². The average molecular weight is 402 g/mol. The first-order chi connectivity index (χ1) is 10.7. The molecule has 1 aliphatic heterocycles. The monoisotopic (exact) mass is 400 g/mol. The lowest BCUT2D eigenvalue weighted by Crippen LogP contribution is -2.38. The SMILES string of the molecule is O=C(COC(=O)c1ncc(Cl)c(Cl)c1Cl)N[C@H]1CCS(=O)(=O)C1. The van der Waals surface area contributed by atoms with E-state index in [1.54, 1.807) is 0 Å². The number of hydrogen-bond acceptors (Lipinski definition) is 6. The molecule has 1 fully saturated rings. The first-order valence-electron chi connectivity index (χ1n) is 6.36.